The van der Waals surface area contributed by atoms with Crippen LogP contribution in [0.15, 0.2) is 54.1 Å². The Bertz CT molecular complexity index is 699. The fraction of sp³-hybridized carbons (Fsp3) is 0.263. The van der Waals surface area contributed by atoms with Crippen LogP contribution in [-0.4, -0.2) is 24.0 Å². The highest BCUT2D eigenvalue weighted by Gasteiger charge is 2.22. The molecule has 0 fully saturated rings. The second-order valence-electron chi connectivity index (χ2n) is 5.60. The first-order valence-electron chi connectivity index (χ1n) is 7.78. The van der Waals surface area contributed by atoms with Gasteiger partial charge in [-0.2, -0.15) is 0 Å². The Labute approximate surface area is 141 Å². The number of ether oxygens (including phenoxy) is 1. The van der Waals surface area contributed by atoms with Crippen LogP contribution >= 0.6 is 0 Å². The average Bonchev–Trinajstić information content (AvgIpc) is 2.61. The molecule has 0 spiro atoms. The Morgan fingerprint density at radius 1 is 1.25 bits per heavy atom. The highest BCUT2D eigenvalue weighted by Crippen LogP contribution is 2.21. The molecule has 0 radical (unpaired) electrons. The highest BCUT2D eigenvalue weighted by atomic mass is 16.5. The molecular weight excluding hydrogens is 306 g/mol. The third kappa shape index (κ3) is 4.35. The summed E-state index contributed by atoms with van der Waals surface area (Å²) in [5, 5.41) is 9.34. The zero-order valence-electron chi connectivity index (χ0n) is 13.6. The van der Waals surface area contributed by atoms with E-state index in [0.29, 0.717) is 5.56 Å². The van der Waals surface area contributed by atoms with Crippen molar-refractivity contribution in [1.29, 1.82) is 0 Å². The van der Waals surface area contributed by atoms with Crippen molar-refractivity contribution >= 4 is 17.4 Å². The summed E-state index contributed by atoms with van der Waals surface area (Å²) in [5.41, 5.74) is 6.30. The first kappa shape index (κ1) is 17.5. The number of methoxy groups -OCH3 is 1. The SMILES string of the molecule is COC(=O)/C(C(=O)/C=C/C1CC=CCC1)=C(/N)c1ccc(O)cc1. The summed E-state index contributed by atoms with van der Waals surface area (Å²) in [7, 11) is 1.20. The molecule has 0 aliphatic heterocycles. The van der Waals surface area contributed by atoms with Crippen LogP contribution in [0.4, 0.5) is 0 Å². The van der Waals surface area contributed by atoms with E-state index in [-0.39, 0.29) is 22.9 Å². The number of esters is 1. The Morgan fingerprint density at radius 3 is 2.54 bits per heavy atom. The molecule has 0 aromatic heterocycles. The van der Waals surface area contributed by atoms with Crippen LogP contribution in [0.5, 0.6) is 5.75 Å². The Kier molecular flexibility index (Phi) is 5.95. The summed E-state index contributed by atoms with van der Waals surface area (Å²) in [6, 6.07) is 5.95. The smallest absolute Gasteiger partial charge is 0.344 e. The molecule has 1 atom stereocenters. The summed E-state index contributed by atoms with van der Waals surface area (Å²) in [6.07, 6.45) is 10.3. The van der Waals surface area contributed by atoms with Gasteiger partial charge in [-0.25, -0.2) is 4.79 Å². The van der Waals surface area contributed by atoms with Crippen molar-refractivity contribution in [2.45, 2.75) is 19.3 Å². The van der Waals surface area contributed by atoms with E-state index in [1.54, 1.807) is 0 Å². The van der Waals surface area contributed by atoms with Gasteiger partial charge in [0, 0.05) is 0 Å². The number of hydrogen-bond acceptors (Lipinski definition) is 5. The number of carbonyl (C=O) groups is 2. The minimum Gasteiger partial charge on any atom is -0.508 e. The van der Waals surface area contributed by atoms with E-state index in [4.69, 9.17) is 10.5 Å². The van der Waals surface area contributed by atoms with Gasteiger partial charge in [0.25, 0.3) is 0 Å². The molecule has 1 aromatic carbocycles. The van der Waals surface area contributed by atoms with Crippen molar-refractivity contribution in [3.05, 3.63) is 59.7 Å². The number of hydrogen-bond donors (Lipinski definition) is 2. The number of ketones is 1. The van der Waals surface area contributed by atoms with Gasteiger partial charge in [-0.1, -0.05) is 18.2 Å². The van der Waals surface area contributed by atoms with E-state index >= 15 is 0 Å². The van der Waals surface area contributed by atoms with E-state index in [9.17, 15) is 14.7 Å². The van der Waals surface area contributed by atoms with Crippen molar-refractivity contribution in [1.82, 2.24) is 0 Å². The second-order valence-corrected chi connectivity index (χ2v) is 5.60. The molecule has 0 amide bonds. The van der Waals surface area contributed by atoms with Gasteiger partial charge in [-0.15, -0.1) is 0 Å². The first-order valence-corrected chi connectivity index (χ1v) is 7.78. The van der Waals surface area contributed by atoms with Gasteiger partial charge in [0.1, 0.15) is 11.3 Å². The molecule has 0 bridgehead atoms. The van der Waals surface area contributed by atoms with Gasteiger partial charge in [0.15, 0.2) is 5.78 Å². The van der Waals surface area contributed by atoms with E-state index in [1.165, 1.54) is 37.5 Å². The van der Waals surface area contributed by atoms with E-state index in [1.807, 2.05) is 6.08 Å². The van der Waals surface area contributed by atoms with Crippen LogP contribution in [0, 0.1) is 5.92 Å². The van der Waals surface area contributed by atoms with Crippen LogP contribution < -0.4 is 5.73 Å². The van der Waals surface area contributed by atoms with Gasteiger partial charge in [0.2, 0.25) is 0 Å². The van der Waals surface area contributed by atoms with Crippen LogP contribution in [0.25, 0.3) is 5.70 Å². The lowest BCUT2D eigenvalue weighted by molar-refractivity contribution is -0.137. The molecule has 5 nitrogen and oxygen atoms in total. The highest BCUT2D eigenvalue weighted by molar-refractivity contribution is 6.26. The Balaban J connectivity index is 2.29. The van der Waals surface area contributed by atoms with Crippen molar-refractivity contribution < 1.29 is 19.4 Å². The Hall–Kier alpha value is -2.82. The zero-order chi connectivity index (χ0) is 17.5. The molecule has 0 heterocycles. The van der Waals surface area contributed by atoms with Crippen molar-refractivity contribution in [3.63, 3.8) is 0 Å². The number of aromatic hydroxyl groups is 1. The zero-order valence-corrected chi connectivity index (χ0v) is 13.6. The number of allylic oxidation sites excluding steroid dienone is 4. The molecule has 1 aliphatic rings. The maximum absolute atomic E-state index is 12.5. The fourth-order valence-corrected chi connectivity index (χ4v) is 2.53. The number of benzene rings is 1. The Morgan fingerprint density at radius 2 is 1.96 bits per heavy atom. The largest absolute Gasteiger partial charge is 0.508 e. The number of carbonyl (C=O) groups excluding carboxylic acids is 2. The van der Waals surface area contributed by atoms with Crippen LogP contribution in [0.2, 0.25) is 0 Å². The third-order valence-corrected chi connectivity index (χ3v) is 3.91. The summed E-state index contributed by atoms with van der Waals surface area (Å²) >= 11 is 0. The topological polar surface area (TPSA) is 89.6 Å². The molecule has 0 saturated heterocycles. The van der Waals surface area contributed by atoms with Crippen LogP contribution in [0.1, 0.15) is 24.8 Å². The van der Waals surface area contributed by atoms with Gasteiger partial charge in [0.05, 0.1) is 12.8 Å². The second kappa shape index (κ2) is 8.15. The number of rotatable bonds is 5. The van der Waals surface area contributed by atoms with Gasteiger partial charge in [-0.05, 0) is 61.1 Å². The normalized spacial score (nSPS) is 18.3. The predicted molar refractivity (Wildman–Crippen MR) is 91.9 cm³/mol. The summed E-state index contributed by atoms with van der Waals surface area (Å²) < 4.78 is 4.70. The maximum atomic E-state index is 12.5. The predicted octanol–water partition coefficient (Wildman–Crippen LogP) is 2.72. The molecule has 0 saturated carbocycles. The molecule has 2 rings (SSSR count). The lowest BCUT2D eigenvalue weighted by Crippen LogP contribution is -2.18. The maximum Gasteiger partial charge on any atom is 0.344 e. The number of phenols is 1. The van der Waals surface area contributed by atoms with Gasteiger partial charge < -0.3 is 15.6 Å². The molecule has 1 unspecified atom stereocenters. The molecule has 1 aromatic rings. The molecule has 24 heavy (non-hydrogen) atoms. The van der Waals surface area contributed by atoms with Crippen molar-refractivity contribution in [2.24, 2.45) is 11.7 Å². The van der Waals surface area contributed by atoms with Gasteiger partial charge >= 0.3 is 5.97 Å². The lowest BCUT2D eigenvalue weighted by atomic mass is 9.93. The minimum atomic E-state index is -0.779. The molecular formula is C19H21NO4. The summed E-state index contributed by atoms with van der Waals surface area (Å²) in [5.74, 6) is -0.906. The molecule has 3 N–H and O–H groups in total. The van der Waals surface area contributed by atoms with Crippen molar-refractivity contribution in [3.8, 4) is 5.75 Å². The van der Waals surface area contributed by atoms with Crippen LogP contribution in [-0.2, 0) is 14.3 Å². The van der Waals surface area contributed by atoms with E-state index in [2.05, 4.69) is 12.2 Å². The van der Waals surface area contributed by atoms with E-state index in [0.717, 1.165) is 19.3 Å². The number of phenolic OH excluding ortho intramolecular Hbond substituents is 1. The van der Waals surface area contributed by atoms with Crippen LogP contribution in [0.3, 0.4) is 0 Å². The monoisotopic (exact) mass is 327 g/mol. The van der Waals surface area contributed by atoms with Crippen molar-refractivity contribution in [2.75, 3.05) is 7.11 Å². The lowest BCUT2D eigenvalue weighted by Gasteiger charge is -2.13. The fourth-order valence-electron chi connectivity index (χ4n) is 2.53. The first-order chi connectivity index (χ1) is 11.5. The standard InChI is InChI=1S/C19H21NO4/c1-24-19(23)17(18(20)14-8-10-15(21)11-9-14)16(22)12-7-13-5-3-2-4-6-13/h2-3,7-13,21H,4-6,20H2,1H3/b12-7+,18-17+. The average molecular weight is 327 g/mol. The molecule has 1 aliphatic carbocycles. The third-order valence-electron chi connectivity index (χ3n) is 3.91. The minimum absolute atomic E-state index is 0.0278. The number of nitrogens with two attached hydrogens (primary N) is 1. The molecule has 5 heteroatoms. The summed E-state index contributed by atoms with van der Waals surface area (Å²) in [4.78, 5) is 24.5. The molecule has 126 valence electrons. The van der Waals surface area contributed by atoms with Gasteiger partial charge in [-0.3, -0.25) is 4.79 Å². The summed E-state index contributed by atoms with van der Waals surface area (Å²) in [6.45, 7) is 0. The quantitative estimate of drug-likeness (QED) is 0.285. The van der Waals surface area contributed by atoms with E-state index < -0.39 is 11.8 Å².